The van der Waals surface area contributed by atoms with Gasteiger partial charge in [0.15, 0.2) is 0 Å². The minimum absolute atomic E-state index is 0.0572. The lowest BCUT2D eigenvalue weighted by atomic mass is 9.95. The summed E-state index contributed by atoms with van der Waals surface area (Å²) >= 11 is 0. The number of sulfonamides is 1. The highest BCUT2D eigenvalue weighted by molar-refractivity contribution is 7.92. The molecule has 1 aliphatic rings. The van der Waals surface area contributed by atoms with Gasteiger partial charge in [-0.05, 0) is 49.2 Å². The number of halogens is 1. The van der Waals surface area contributed by atoms with Crippen molar-refractivity contribution in [1.82, 2.24) is 5.32 Å². The number of hydrogen-bond acceptors (Lipinski definition) is 3. The first-order chi connectivity index (χ1) is 13.0. The Kier molecular flexibility index (Phi) is 6.11. The molecule has 7 heteroatoms. The number of nitrogens with one attached hydrogen (secondary N) is 1. The van der Waals surface area contributed by atoms with Gasteiger partial charge in [-0.15, -0.1) is 0 Å². The fourth-order valence-corrected chi connectivity index (χ4v) is 4.71. The first kappa shape index (κ1) is 19.4. The number of rotatable bonds is 6. The predicted molar refractivity (Wildman–Crippen MR) is 102 cm³/mol. The molecule has 0 spiro atoms. The van der Waals surface area contributed by atoms with Gasteiger partial charge in [0.05, 0.1) is 10.6 Å². The van der Waals surface area contributed by atoms with Crippen LogP contribution in [-0.2, 0) is 14.8 Å². The van der Waals surface area contributed by atoms with Gasteiger partial charge in [0.25, 0.3) is 10.0 Å². The minimum atomic E-state index is -4.00. The molecule has 0 bridgehead atoms. The van der Waals surface area contributed by atoms with E-state index in [1.807, 2.05) is 0 Å². The molecular weight excluding hydrogens is 367 g/mol. The van der Waals surface area contributed by atoms with Gasteiger partial charge >= 0.3 is 0 Å². The number of carbonyl (C=O) groups is 1. The number of hydrogen-bond donors (Lipinski definition) is 1. The number of carbonyl (C=O) groups excluding carboxylic acids is 1. The van der Waals surface area contributed by atoms with Gasteiger partial charge in [-0.1, -0.05) is 37.5 Å². The van der Waals surface area contributed by atoms with E-state index < -0.39 is 15.8 Å². The largest absolute Gasteiger partial charge is 0.352 e. The second-order valence-corrected chi connectivity index (χ2v) is 8.57. The molecular formula is C20H23FN2O3S. The van der Waals surface area contributed by atoms with E-state index in [2.05, 4.69) is 5.32 Å². The normalized spacial score (nSPS) is 15.3. The maximum absolute atomic E-state index is 13.2. The maximum atomic E-state index is 13.2. The summed E-state index contributed by atoms with van der Waals surface area (Å²) < 4.78 is 40.5. The number of nitrogens with zero attached hydrogens (tertiary/aromatic N) is 1. The molecule has 144 valence electrons. The molecule has 5 nitrogen and oxygen atoms in total. The van der Waals surface area contributed by atoms with E-state index in [1.165, 1.54) is 18.6 Å². The summed E-state index contributed by atoms with van der Waals surface area (Å²) in [5, 5.41) is 2.95. The van der Waals surface area contributed by atoms with E-state index in [0.29, 0.717) is 5.69 Å². The fourth-order valence-electron chi connectivity index (χ4n) is 3.29. The molecule has 0 unspecified atom stereocenters. The van der Waals surface area contributed by atoms with Crippen LogP contribution in [0.15, 0.2) is 59.5 Å². The average Bonchev–Trinajstić information content (AvgIpc) is 2.68. The molecule has 1 saturated carbocycles. The number of anilines is 1. The van der Waals surface area contributed by atoms with Crippen LogP contribution in [-0.4, -0.2) is 26.9 Å². The van der Waals surface area contributed by atoms with Crippen LogP contribution < -0.4 is 9.62 Å². The van der Waals surface area contributed by atoms with Gasteiger partial charge in [0.1, 0.15) is 12.4 Å². The Labute approximate surface area is 159 Å². The van der Waals surface area contributed by atoms with Crippen molar-refractivity contribution in [2.45, 2.75) is 43.0 Å². The van der Waals surface area contributed by atoms with Gasteiger partial charge in [-0.25, -0.2) is 12.8 Å². The summed E-state index contributed by atoms with van der Waals surface area (Å²) in [5.41, 5.74) is 0.389. The first-order valence-corrected chi connectivity index (χ1v) is 10.5. The number of amides is 1. The Balaban J connectivity index is 1.85. The third kappa shape index (κ3) is 4.86. The van der Waals surface area contributed by atoms with Crippen molar-refractivity contribution >= 4 is 21.6 Å². The van der Waals surface area contributed by atoms with E-state index in [1.54, 1.807) is 30.3 Å². The van der Waals surface area contributed by atoms with E-state index in [-0.39, 0.29) is 23.4 Å². The SMILES string of the molecule is O=C(CN(c1ccccc1)S(=O)(=O)c1ccc(F)cc1)NC1CCCCC1. The second kappa shape index (κ2) is 8.52. The lowest BCUT2D eigenvalue weighted by Gasteiger charge is -2.27. The molecule has 2 aromatic carbocycles. The first-order valence-electron chi connectivity index (χ1n) is 9.09. The summed E-state index contributed by atoms with van der Waals surface area (Å²) in [6.07, 6.45) is 5.15. The zero-order valence-corrected chi connectivity index (χ0v) is 15.8. The summed E-state index contributed by atoms with van der Waals surface area (Å²) in [6.45, 7) is -0.319. The van der Waals surface area contributed by atoms with Gasteiger partial charge in [-0.3, -0.25) is 9.10 Å². The monoisotopic (exact) mass is 390 g/mol. The molecule has 0 aliphatic heterocycles. The van der Waals surface area contributed by atoms with Crippen molar-refractivity contribution in [3.8, 4) is 0 Å². The summed E-state index contributed by atoms with van der Waals surface area (Å²) in [6, 6.07) is 13.2. The fraction of sp³-hybridized carbons (Fsp3) is 0.350. The lowest BCUT2D eigenvalue weighted by molar-refractivity contribution is -0.120. The smallest absolute Gasteiger partial charge is 0.264 e. The third-order valence-electron chi connectivity index (χ3n) is 4.70. The molecule has 2 aromatic rings. The number of benzene rings is 2. The Hall–Kier alpha value is -2.41. The van der Waals surface area contributed by atoms with Crippen molar-refractivity contribution in [2.24, 2.45) is 0 Å². The molecule has 0 heterocycles. The highest BCUT2D eigenvalue weighted by Crippen LogP contribution is 2.24. The zero-order chi connectivity index (χ0) is 19.3. The van der Waals surface area contributed by atoms with Gasteiger partial charge < -0.3 is 5.32 Å². The van der Waals surface area contributed by atoms with Crippen LogP contribution in [0.2, 0.25) is 0 Å². The van der Waals surface area contributed by atoms with Crippen molar-refractivity contribution in [2.75, 3.05) is 10.8 Å². The second-order valence-electron chi connectivity index (χ2n) is 6.70. The van der Waals surface area contributed by atoms with E-state index in [4.69, 9.17) is 0 Å². The van der Waals surface area contributed by atoms with Crippen molar-refractivity contribution < 1.29 is 17.6 Å². The number of para-hydroxylation sites is 1. The molecule has 0 atom stereocenters. The van der Waals surface area contributed by atoms with Crippen LogP contribution in [0.1, 0.15) is 32.1 Å². The summed E-state index contributed by atoms with van der Waals surface area (Å²) in [4.78, 5) is 12.5. The molecule has 1 aliphatic carbocycles. The Morgan fingerprint density at radius 2 is 1.63 bits per heavy atom. The molecule has 1 N–H and O–H groups in total. The van der Waals surface area contributed by atoms with Crippen molar-refractivity contribution in [3.05, 3.63) is 60.4 Å². The zero-order valence-electron chi connectivity index (χ0n) is 15.0. The Morgan fingerprint density at radius 3 is 2.26 bits per heavy atom. The van der Waals surface area contributed by atoms with Crippen LogP contribution in [0.3, 0.4) is 0 Å². The standard InChI is InChI=1S/C20H23FN2O3S/c21-16-11-13-19(14-12-16)27(25,26)23(18-9-5-2-6-10-18)15-20(24)22-17-7-3-1-4-8-17/h2,5-6,9-14,17H,1,3-4,7-8,15H2,(H,22,24). The van der Waals surface area contributed by atoms with Crippen LogP contribution in [0.25, 0.3) is 0 Å². The highest BCUT2D eigenvalue weighted by Gasteiger charge is 2.28. The topological polar surface area (TPSA) is 66.5 Å². The summed E-state index contributed by atoms with van der Waals surface area (Å²) in [5.74, 6) is -0.855. The molecule has 0 saturated heterocycles. The van der Waals surface area contributed by atoms with Crippen molar-refractivity contribution in [3.63, 3.8) is 0 Å². The van der Waals surface area contributed by atoms with Gasteiger partial charge in [0, 0.05) is 6.04 Å². The van der Waals surface area contributed by atoms with Gasteiger partial charge in [0.2, 0.25) is 5.91 Å². The van der Waals surface area contributed by atoms with Crippen molar-refractivity contribution in [1.29, 1.82) is 0 Å². The van der Waals surface area contributed by atoms with Crippen LogP contribution in [0, 0.1) is 5.82 Å². The van der Waals surface area contributed by atoms with E-state index in [0.717, 1.165) is 42.1 Å². The predicted octanol–water partition coefficient (Wildman–Crippen LogP) is 3.47. The Bertz CT molecular complexity index is 864. The highest BCUT2D eigenvalue weighted by atomic mass is 32.2. The summed E-state index contributed by atoms with van der Waals surface area (Å²) in [7, 11) is -4.00. The quantitative estimate of drug-likeness (QED) is 0.821. The molecule has 3 rings (SSSR count). The molecule has 27 heavy (non-hydrogen) atoms. The molecule has 1 fully saturated rings. The maximum Gasteiger partial charge on any atom is 0.264 e. The average molecular weight is 390 g/mol. The van der Waals surface area contributed by atoms with Crippen LogP contribution >= 0.6 is 0 Å². The lowest BCUT2D eigenvalue weighted by Crippen LogP contribution is -2.44. The minimum Gasteiger partial charge on any atom is -0.352 e. The Morgan fingerprint density at radius 1 is 1.00 bits per heavy atom. The van der Waals surface area contributed by atoms with E-state index >= 15 is 0 Å². The van der Waals surface area contributed by atoms with E-state index in [9.17, 15) is 17.6 Å². The molecule has 1 amide bonds. The van der Waals surface area contributed by atoms with Crippen LogP contribution in [0.5, 0.6) is 0 Å². The molecule has 0 aromatic heterocycles. The third-order valence-corrected chi connectivity index (χ3v) is 6.49. The van der Waals surface area contributed by atoms with Crippen LogP contribution in [0.4, 0.5) is 10.1 Å². The molecule has 0 radical (unpaired) electrons. The van der Waals surface area contributed by atoms with Gasteiger partial charge in [-0.2, -0.15) is 0 Å².